The van der Waals surface area contributed by atoms with Gasteiger partial charge in [-0.3, -0.25) is 0 Å². The predicted molar refractivity (Wildman–Crippen MR) is 51.5 cm³/mol. The minimum absolute atomic E-state index is 0.00574. The molecule has 1 atom stereocenters. The van der Waals surface area contributed by atoms with Crippen molar-refractivity contribution in [3.05, 3.63) is 34.1 Å². The normalized spacial score (nSPS) is 13.0. The van der Waals surface area contributed by atoms with Crippen LogP contribution in [0.4, 0.5) is 4.39 Å². The Morgan fingerprint density at radius 2 is 2.25 bits per heavy atom. The molecule has 1 aromatic carbocycles. The highest BCUT2D eigenvalue weighted by molar-refractivity contribution is 9.10. The van der Waals surface area contributed by atoms with Crippen molar-refractivity contribution in [3.63, 3.8) is 0 Å². The molecule has 0 saturated carbocycles. The monoisotopic (exact) mass is 231 g/mol. The largest absolute Gasteiger partial charge is 0.328 e. The van der Waals surface area contributed by atoms with Crippen LogP contribution in [0.3, 0.4) is 0 Å². The highest BCUT2D eigenvalue weighted by atomic mass is 79.9. The molecule has 1 nitrogen and oxygen atoms in total. The summed E-state index contributed by atoms with van der Waals surface area (Å²) >= 11 is 3.28. The quantitative estimate of drug-likeness (QED) is 0.832. The molecule has 0 heterocycles. The van der Waals surface area contributed by atoms with Gasteiger partial charge in [0.2, 0.25) is 0 Å². The number of benzene rings is 1. The number of hydrogen-bond donors (Lipinski definition) is 1. The maximum atomic E-state index is 13.1. The third kappa shape index (κ3) is 2.57. The average molecular weight is 232 g/mol. The van der Waals surface area contributed by atoms with Gasteiger partial charge < -0.3 is 5.73 Å². The lowest BCUT2D eigenvalue weighted by atomic mass is 10.1. The summed E-state index contributed by atoms with van der Waals surface area (Å²) in [7, 11) is 0. The van der Waals surface area contributed by atoms with Crippen molar-refractivity contribution in [1.82, 2.24) is 0 Å². The zero-order valence-electron chi connectivity index (χ0n) is 6.85. The van der Waals surface area contributed by atoms with Crippen LogP contribution in [0.25, 0.3) is 0 Å². The van der Waals surface area contributed by atoms with Gasteiger partial charge in [0.05, 0.1) is 0 Å². The molecule has 0 aliphatic rings. The third-order valence-electron chi connectivity index (χ3n) is 1.55. The van der Waals surface area contributed by atoms with Crippen LogP contribution in [0, 0.1) is 5.82 Å². The number of nitrogens with two attached hydrogens (primary N) is 1. The molecule has 0 saturated heterocycles. The molecule has 66 valence electrons. The van der Waals surface area contributed by atoms with E-state index in [-0.39, 0.29) is 11.9 Å². The Kier molecular flexibility index (Phi) is 3.23. The molecule has 0 spiro atoms. The second kappa shape index (κ2) is 4.01. The van der Waals surface area contributed by atoms with Crippen LogP contribution in [-0.2, 0) is 6.42 Å². The van der Waals surface area contributed by atoms with Gasteiger partial charge in [0.25, 0.3) is 0 Å². The SMILES string of the molecule is C[C@H](N)Cc1cc(Br)ccc1F. The molecule has 0 fully saturated rings. The summed E-state index contributed by atoms with van der Waals surface area (Å²) in [5, 5.41) is 0. The number of halogens is 2. The van der Waals surface area contributed by atoms with E-state index in [1.165, 1.54) is 6.07 Å². The molecule has 12 heavy (non-hydrogen) atoms. The van der Waals surface area contributed by atoms with Crippen molar-refractivity contribution in [1.29, 1.82) is 0 Å². The summed E-state index contributed by atoms with van der Waals surface area (Å²) < 4.78 is 13.9. The zero-order valence-corrected chi connectivity index (χ0v) is 8.44. The summed E-state index contributed by atoms with van der Waals surface area (Å²) in [6, 6.07) is 4.88. The molecule has 0 amide bonds. The fourth-order valence-electron chi connectivity index (χ4n) is 1.05. The van der Waals surface area contributed by atoms with Crippen molar-refractivity contribution in [3.8, 4) is 0 Å². The standard InChI is InChI=1S/C9H11BrFN/c1-6(12)4-7-5-8(10)2-3-9(7)11/h2-3,5-6H,4,12H2,1H3/t6-/m0/s1. The fourth-order valence-corrected chi connectivity index (χ4v) is 1.46. The molecule has 0 bridgehead atoms. The Morgan fingerprint density at radius 1 is 1.58 bits per heavy atom. The van der Waals surface area contributed by atoms with Gasteiger partial charge in [0.15, 0.2) is 0 Å². The average Bonchev–Trinajstić information content (AvgIpc) is 1.96. The van der Waals surface area contributed by atoms with Crippen molar-refractivity contribution in [2.24, 2.45) is 5.73 Å². The van der Waals surface area contributed by atoms with Gasteiger partial charge in [-0.25, -0.2) is 4.39 Å². The van der Waals surface area contributed by atoms with Crippen molar-refractivity contribution in [2.75, 3.05) is 0 Å². The van der Waals surface area contributed by atoms with Crippen LogP contribution < -0.4 is 5.73 Å². The molecule has 0 unspecified atom stereocenters. The van der Waals surface area contributed by atoms with Gasteiger partial charge in [0, 0.05) is 10.5 Å². The van der Waals surface area contributed by atoms with Gasteiger partial charge in [0.1, 0.15) is 5.82 Å². The lowest BCUT2D eigenvalue weighted by molar-refractivity contribution is 0.595. The first kappa shape index (κ1) is 9.68. The van der Waals surface area contributed by atoms with Gasteiger partial charge in [-0.1, -0.05) is 15.9 Å². The molecule has 0 radical (unpaired) electrons. The van der Waals surface area contributed by atoms with Gasteiger partial charge >= 0.3 is 0 Å². The molecule has 3 heteroatoms. The van der Waals surface area contributed by atoms with Crippen molar-refractivity contribution >= 4 is 15.9 Å². The maximum Gasteiger partial charge on any atom is 0.126 e. The summed E-state index contributed by atoms with van der Waals surface area (Å²) in [4.78, 5) is 0. The van der Waals surface area contributed by atoms with Crippen LogP contribution >= 0.6 is 15.9 Å². The summed E-state index contributed by atoms with van der Waals surface area (Å²) in [5.41, 5.74) is 6.23. The second-order valence-electron chi connectivity index (χ2n) is 2.92. The summed E-state index contributed by atoms with van der Waals surface area (Å²) in [5.74, 6) is -0.185. The van der Waals surface area contributed by atoms with E-state index in [0.717, 1.165) is 4.47 Å². The molecule has 1 aromatic rings. The Morgan fingerprint density at radius 3 is 2.83 bits per heavy atom. The van der Waals surface area contributed by atoms with Crippen molar-refractivity contribution in [2.45, 2.75) is 19.4 Å². The van der Waals surface area contributed by atoms with Gasteiger partial charge in [-0.2, -0.15) is 0 Å². The fraction of sp³-hybridized carbons (Fsp3) is 0.333. The van der Waals surface area contributed by atoms with Crippen LogP contribution in [0.15, 0.2) is 22.7 Å². The Bertz CT molecular complexity index is 273. The highest BCUT2D eigenvalue weighted by Gasteiger charge is 2.04. The topological polar surface area (TPSA) is 26.0 Å². The first-order valence-electron chi connectivity index (χ1n) is 3.79. The zero-order chi connectivity index (χ0) is 9.14. The third-order valence-corrected chi connectivity index (χ3v) is 2.04. The van der Waals surface area contributed by atoms with E-state index in [0.29, 0.717) is 12.0 Å². The Labute approximate surface area is 79.9 Å². The lowest BCUT2D eigenvalue weighted by Gasteiger charge is -2.06. The highest BCUT2D eigenvalue weighted by Crippen LogP contribution is 2.16. The van der Waals surface area contributed by atoms with E-state index in [2.05, 4.69) is 15.9 Å². The van der Waals surface area contributed by atoms with Crippen LogP contribution in [0.2, 0.25) is 0 Å². The second-order valence-corrected chi connectivity index (χ2v) is 3.83. The summed E-state index contributed by atoms with van der Waals surface area (Å²) in [6.45, 7) is 1.86. The molecule has 2 N–H and O–H groups in total. The smallest absolute Gasteiger partial charge is 0.126 e. The van der Waals surface area contributed by atoms with E-state index in [9.17, 15) is 4.39 Å². The first-order chi connectivity index (χ1) is 5.59. The molecular formula is C9H11BrFN. The lowest BCUT2D eigenvalue weighted by Crippen LogP contribution is -2.18. The molecule has 0 aliphatic carbocycles. The molecular weight excluding hydrogens is 221 g/mol. The Hall–Kier alpha value is -0.410. The predicted octanol–water partition coefficient (Wildman–Crippen LogP) is 2.48. The Balaban J connectivity index is 2.90. The van der Waals surface area contributed by atoms with Gasteiger partial charge in [-0.05, 0) is 37.1 Å². The van der Waals surface area contributed by atoms with Gasteiger partial charge in [-0.15, -0.1) is 0 Å². The van der Waals surface area contributed by atoms with Crippen LogP contribution in [-0.4, -0.2) is 6.04 Å². The van der Waals surface area contributed by atoms with Crippen LogP contribution in [0.5, 0.6) is 0 Å². The maximum absolute atomic E-state index is 13.1. The van der Waals surface area contributed by atoms with E-state index in [1.54, 1.807) is 12.1 Å². The summed E-state index contributed by atoms with van der Waals surface area (Å²) in [6.07, 6.45) is 0.575. The van der Waals surface area contributed by atoms with E-state index >= 15 is 0 Å². The van der Waals surface area contributed by atoms with Crippen LogP contribution in [0.1, 0.15) is 12.5 Å². The van der Waals surface area contributed by atoms with Crippen molar-refractivity contribution < 1.29 is 4.39 Å². The van der Waals surface area contributed by atoms with E-state index in [1.807, 2.05) is 6.92 Å². The minimum atomic E-state index is -0.185. The first-order valence-corrected chi connectivity index (χ1v) is 4.58. The molecule has 1 rings (SSSR count). The number of hydrogen-bond acceptors (Lipinski definition) is 1. The van der Waals surface area contributed by atoms with E-state index < -0.39 is 0 Å². The number of rotatable bonds is 2. The molecule has 0 aliphatic heterocycles. The van der Waals surface area contributed by atoms with E-state index in [4.69, 9.17) is 5.73 Å². The minimum Gasteiger partial charge on any atom is -0.328 e. The molecule has 0 aromatic heterocycles.